The van der Waals surface area contributed by atoms with Gasteiger partial charge in [-0.25, -0.2) is 0 Å². The van der Waals surface area contributed by atoms with Crippen molar-refractivity contribution in [2.75, 3.05) is 13.2 Å². The molecule has 0 aromatic heterocycles. The molecule has 5 heteroatoms. The van der Waals surface area contributed by atoms with Crippen molar-refractivity contribution in [3.63, 3.8) is 0 Å². The molecule has 1 aromatic carbocycles. The van der Waals surface area contributed by atoms with Crippen LogP contribution in [0.25, 0.3) is 0 Å². The van der Waals surface area contributed by atoms with Crippen molar-refractivity contribution in [1.82, 2.24) is 0 Å². The molecule has 94 valence electrons. The van der Waals surface area contributed by atoms with Gasteiger partial charge in [-0.1, -0.05) is 0 Å². The predicted molar refractivity (Wildman–Crippen MR) is 64.9 cm³/mol. The third-order valence-electron chi connectivity index (χ3n) is 2.20. The summed E-state index contributed by atoms with van der Waals surface area (Å²) >= 11 is 0. The molecule has 0 heterocycles. The zero-order valence-corrected chi connectivity index (χ0v) is 9.89. The van der Waals surface area contributed by atoms with Gasteiger partial charge < -0.3 is 20.9 Å². The first-order chi connectivity index (χ1) is 8.13. The molecule has 0 bridgehead atoms. The molecule has 1 atom stereocenters. The van der Waals surface area contributed by atoms with Gasteiger partial charge in [0, 0.05) is 6.42 Å². The lowest BCUT2D eigenvalue weighted by atomic mass is 10.2. The van der Waals surface area contributed by atoms with E-state index < -0.39 is 11.9 Å². The van der Waals surface area contributed by atoms with Gasteiger partial charge in [-0.05, 0) is 31.2 Å². The monoisotopic (exact) mass is 238 g/mol. The minimum absolute atomic E-state index is 0.359. The second-order valence-electron chi connectivity index (χ2n) is 3.55. The van der Waals surface area contributed by atoms with E-state index in [0.717, 1.165) is 5.75 Å². The van der Waals surface area contributed by atoms with Crippen LogP contribution in [0.15, 0.2) is 24.3 Å². The summed E-state index contributed by atoms with van der Waals surface area (Å²) in [5, 5.41) is 0. The Morgan fingerprint density at radius 3 is 2.24 bits per heavy atom. The number of nitrogens with two attached hydrogens (primary N) is 2. The first-order valence-corrected chi connectivity index (χ1v) is 5.54. The zero-order chi connectivity index (χ0) is 12.7. The largest absolute Gasteiger partial charge is 0.494 e. The van der Waals surface area contributed by atoms with Crippen molar-refractivity contribution in [1.29, 1.82) is 0 Å². The Balaban J connectivity index is 2.34. The van der Waals surface area contributed by atoms with Crippen LogP contribution in [0.3, 0.4) is 0 Å². The van der Waals surface area contributed by atoms with Crippen LogP contribution >= 0.6 is 0 Å². The summed E-state index contributed by atoms with van der Waals surface area (Å²) in [5.41, 5.74) is 10.5. The number of amides is 1. The Bertz CT molecular complexity index is 351. The van der Waals surface area contributed by atoms with Crippen LogP contribution in [0.2, 0.25) is 0 Å². The molecule has 17 heavy (non-hydrogen) atoms. The molecule has 0 spiro atoms. The normalized spacial score (nSPS) is 11.9. The van der Waals surface area contributed by atoms with E-state index in [2.05, 4.69) is 0 Å². The minimum Gasteiger partial charge on any atom is -0.494 e. The summed E-state index contributed by atoms with van der Waals surface area (Å²) in [6.45, 7) is 2.92. The smallest absolute Gasteiger partial charge is 0.234 e. The number of hydrogen-bond acceptors (Lipinski definition) is 4. The van der Waals surface area contributed by atoms with E-state index >= 15 is 0 Å². The Hall–Kier alpha value is -1.75. The standard InChI is InChI=1S/C12H18N2O3/c1-2-16-9-3-5-10(6-4-9)17-8-7-11(13)12(14)15/h3-6,11H,2,7-8,13H2,1H3,(H2,14,15). The molecule has 5 nitrogen and oxygen atoms in total. The fourth-order valence-electron chi connectivity index (χ4n) is 1.24. The maximum absolute atomic E-state index is 10.7. The number of carbonyl (C=O) groups excluding carboxylic acids is 1. The first kappa shape index (κ1) is 13.3. The highest BCUT2D eigenvalue weighted by Gasteiger charge is 2.08. The summed E-state index contributed by atoms with van der Waals surface area (Å²) in [7, 11) is 0. The summed E-state index contributed by atoms with van der Waals surface area (Å²) in [6.07, 6.45) is 0.405. The highest BCUT2D eigenvalue weighted by molar-refractivity contribution is 5.79. The SMILES string of the molecule is CCOc1ccc(OCCC(N)C(N)=O)cc1. The second kappa shape index (κ2) is 6.75. The van der Waals surface area contributed by atoms with Crippen molar-refractivity contribution in [3.8, 4) is 11.5 Å². The highest BCUT2D eigenvalue weighted by Crippen LogP contribution is 2.17. The molecule has 0 aliphatic rings. The summed E-state index contributed by atoms with van der Waals surface area (Å²) in [4.78, 5) is 10.7. The van der Waals surface area contributed by atoms with Crippen LogP contribution in [0.1, 0.15) is 13.3 Å². The van der Waals surface area contributed by atoms with E-state index in [9.17, 15) is 4.79 Å². The molecule has 1 unspecified atom stereocenters. The van der Waals surface area contributed by atoms with E-state index in [0.29, 0.717) is 25.4 Å². The van der Waals surface area contributed by atoms with Gasteiger partial charge in [-0.2, -0.15) is 0 Å². The van der Waals surface area contributed by atoms with Crippen molar-refractivity contribution in [2.45, 2.75) is 19.4 Å². The molecule has 4 N–H and O–H groups in total. The summed E-state index contributed by atoms with van der Waals surface area (Å²) in [5.74, 6) is 0.999. The molecule has 0 radical (unpaired) electrons. The molecule has 1 aromatic rings. The molecule has 0 aliphatic carbocycles. The first-order valence-electron chi connectivity index (χ1n) is 5.54. The van der Waals surface area contributed by atoms with Crippen molar-refractivity contribution in [2.24, 2.45) is 11.5 Å². The third-order valence-corrected chi connectivity index (χ3v) is 2.20. The second-order valence-corrected chi connectivity index (χ2v) is 3.55. The topological polar surface area (TPSA) is 87.6 Å². The van der Waals surface area contributed by atoms with Gasteiger partial charge in [0.25, 0.3) is 0 Å². The van der Waals surface area contributed by atoms with E-state index in [1.54, 1.807) is 12.1 Å². The minimum atomic E-state index is -0.655. The molecular weight excluding hydrogens is 220 g/mol. The number of ether oxygens (including phenoxy) is 2. The van der Waals surface area contributed by atoms with Gasteiger partial charge in [-0.15, -0.1) is 0 Å². The van der Waals surface area contributed by atoms with Gasteiger partial charge in [-0.3, -0.25) is 4.79 Å². The zero-order valence-electron chi connectivity index (χ0n) is 9.89. The number of rotatable bonds is 7. The Morgan fingerprint density at radius 2 is 1.76 bits per heavy atom. The van der Waals surface area contributed by atoms with Gasteiger partial charge >= 0.3 is 0 Å². The van der Waals surface area contributed by atoms with Crippen LogP contribution in [0.4, 0.5) is 0 Å². The van der Waals surface area contributed by atoms with Gasteiger partial charge in [0.15, 0.2) is 0 Å². The van der Waals surface area contributed by atoms with Crippen LogP contribution in [-0.2, 0) is 4.79 Å². The maximum atomic E-state index is 10.7. The van der Waals surface area contributed by atoms with Crippen LogP contribution < -0.4 is 20.9 Å². The van der Waals surface area contributed by atoms with Crippen molar-refractivity contribution in [3.05, 3.63) is 24.3 Å². The lowest BCUT2D eigenvalue weighted by Crippen LogP contribution is -2.37. The molecule has 0 saturated carbocycles. The Morgan fingerprint density at radius 1 is 1.24 bits per heavy atom. The van der Waals surface area contributed by atoms with E-state index in [1.165, 1.54) is 0 Å². The number of benzene rings is 1. The molecule has 0 aliphatic heterocycles. The number of primary amides is 1. The van der Waals surface area contributed by atoms with E-state index in [-0.39, 0.29) is 0 Å². The number of carbonyl (C=O) groups is 1. The molecule has 1 rings (SSSR count). The van der Waals surface area contributed by atoms with Crippen molar-refractivity contribution >= 4 is 5.91 Å². The van der Waals surface area contributed by atoms with Crippen molar-refractivity contribution < 1.29 is 14.3 Å². The fourth-order valence-corrected chi connectivity index (χ4v) is 1.24. The van der Waals surface area contributed by atoms with E-state index in [4.69, 9.17) is 20.9 Å². The third kappa shape index (κ3) is 4.74. The molecule has 0 saturated heterocycles. The predicted octanol–water partition coefficient (Wildman–Crippen LogP) is 0.667. The number of hydrogen-bond donors (Lipinski definition) is 2. The highest BCUT2D eigenvalue weighted by atomic mass is 16.5. The van der Waals surface area contributed by atoms with Gasteiger partial charge in [0.2, 0.25) is 5.91 Å². The molecule has 1 amide bonds. The van der Waals surface area contributed by atoms with Crippen LogP contribution in [0, 0.1) is 0 Å². The maximum Gasteiger partial charge on any atom is 0.234 e. The Kier molecular flexibility index (Phi) is 5.29. The van der Waals surface area contributed by atoms with E-state index in [1.807, 2.05) is 19.1 Å². The lowest BCUT2D eigenvalue weighted by molar-refractivity contribution is -0.119. The Labute approximate surface area is 101 Å². The average molecular weight is 238 g/mol. The fraction of sp³-hybridized carbons (Fsp3) is 0.417. The summed E-state index contributed by atoms with van der Waals surface area (Å²) in [6, 6.07) is 6.61. The summed E-state index contributed by atoms with van der Waals surface area (Å²) < 4.78 is 10.7. The average Bonchev–Trinajstić information content (AvgIpc) is 2.31. The quantitative estimate of drug-likeness (QED) is 0.730. The van der Waals surface area contributed by atoms with Crippen LogP contribution in [-0.4, -0.2) is 25.2 Å². The van der Waals surface area contributed by atoms with Gasteiger partial charge in [0.05, 0.1) is 19.3 Å². The molecule has 0 fully saturated rings. The molecular formula is C12H18N2O3. The van der Waals surface area contributed by atoms with Gasteiger partial charge in [0.1, 0.15) is 11.5 Å². The lowest BCUT2D eigenvalue weighted by Gasteiger charge is -2.10. The van der Waals surface area contributed by atoms with Crippen LogP contribution in [0.5, 0.6) is 11.5 Å².